The van der Waals surface area contributed by atoms with Gasteiger partial charge in [-0.25, -0.2) is 8.78 Å². The highest BCUT2D eigenvalue weighted by molar-refractivity contribution is 9.09. The van der Waals surface area contributed by atoms with Crippen LogP contribution in [0.1, 0.15) is 19.4 Å². The minimum atomic E-state index is -0.788. The molecule has 0 saturated heterocycles. The molecule has 0 aliphatic carbocycles. The van der Waals surface area contributed by atoms with E-state index < -0.39 is 11.6 Å². The van der Waals surface area contributed by atoms with Crippen LogP contribution in [0, 0.1) is 17.6 Å². The number of alkyl halides is 1. The molecule has 0 spiro atoms. The Morgan fingerprint density at radius 2 is 1.86 bits per heavy atom. The molecule has 0 aliphatic heterocycles. The number of halogens is 3. The van der Waals surface area contributed by atoms with E-state index in [1.165, 1.54) is 12.1 Å². The number of rotatable bonds is 3. The van der Waals surface area contributed by atoms with E-state index in [4.69, 9.17) is 0 Å². The zero-order valence-corrected chi connectivity index (χ0v) is 9.81. The van der Waals surface area contributed by atoms with Crippen LogP contribution in [0.15, 0.2) is 18.2 Å². The van der Waals surface area contributed by atoms with E-state index in [9.17, 15) is 8.78 Å². The first kappa shape index (κ1) is 11.6. The van der Waals surface area contributed by atoms with Crippen molar-refractivity contribution >= 4 is 15.9 Å². The summed E-state index contributed by atoms with van der Waals surface area (Å²) in [5, 5.41) is 0. The summed E-state index contributed by atoms with van der Waals surface area (Å²) in [4.78, 5) is 0.298. The fraction of sp³-hybridized carbons (Fsp3) is 0.455. The Kier molecular flexibility index (Phi) is 4.05. The SMILES string of the molecule is CC(C)C(Br)Cc1ccc(F)c(F)c1. The van der Waals surface area contributed by atoms with Crippen molar-refractivity contribution in [2.75, 3.05) is 0 Å². The average molecular weight is 263 g/mol. The van der Waals surface area contributed by atoms with Gasteiger partial charge < -0.3 is 0 Å². The fourth-order valence-electron chi connectivity index (χ4n) is 1.13. The van der Waals surface area contributed by atoms with Crippen LogP contribution in [0.4, 0.5) is 8.78 Å². The Balaban J connectivity index is 2.73. The van der Waals surface area contributed by atoms with Crippen LogP contribution in [-0.2, 0) is 6.42 Å². The van der Waals surface area contributed by atoms with Crippen molar-refractivity contribution in [2.45, 2.75) is 25.1 Å². The minimum absolute atomic E-state index is 0.298. The lowest BCUT2D eigenvalue weighted by Gasteiger charge is -2.13. The van der Waals surface area contributed by atoms with E-state index in [1.807, 2.05) is 0 Å². The summed E-state index contributed by atoms with van der Waals surface area (Å²) < 4.78 is 25.4. The molecule has 1 aromatic rings. The molecule has 14 heavy (non-hydrogen) atoms. The molecule has 0 heterocycles. The van der Waals surface area contributed by atoms with Gasteiger partial charge in [-0.3, -0.25) is 0 Å². The van der Waals surface area contributed by atoms with Gasteiger partial charge in [-0.15, -0.1) is 0 Å². The van der Waals surface area contributed by atoms with Gasteiger partial charge >= 0.3 is 0 Å². The maximum Gasteiger partial charge on any atom is 0.159 e. The van der Waals surface area contributed by atoms with E-state index in [2.05, 4.69) is 29.8 Å². The van der Waals surface area contributed by atoms with Crippen molar-refractivity contribution in [2.24, 2.45) is 5.92 Å². The first-order valence-corrected chi connectivity index (χ1v) is 5.50. The van der Waals surface area contributed by atoms with Gasteiger partial charge in [-0.2, -0.15) is 0 Å². The van der Waals surface area contributed by atoms with Crippen molar-refractivity contribution in [3.05, 3.63) is 35.4 Å². The molecule has 78 valence electrons. The molecule has 0 fully saturated rings. The van der Waals surface area contributed by atoms with E-state index in [0.29, 0.717) is 10.7 Å². The van der Waals surface area contributed by atoms with Gasteiger partial charge in [0.05, 0.1) is 0 Å². The lowest BCUT2D eigenvalue weighted by molar-refractivity contribution is 0.506. The molecule has 1 aromatic carbocycles. The molecule has 0 aromatic heterocycles. The van der Waals surface area contributed by atoms with Gasteiger partial charge in [0.25, 0.3) is 0 Å². The van der Waals surface area contributed by atoms with Crippen molar-refractivity contribution in [3.63, 3.8) is 0 Å². The highest BCUT2D eigenvalue weighted by Crippen LogP contribution is 2.19. The molecule has 1 atom stereocenters. The fourth-order valence-corrected chi connectivity index (χ4v) is 1.50. The summed E-state index contributed by atoms with van der Waals surface area (Å²) in [5.74, 6) is -1.08. The lowest BCUT2D eigenvalue weighted by atomic mass is 10.0. The summed E-state index contributed by atoms with van der Waals surface area (Å²) >= 11 is 3.51. The monoisotopic (exact) mass is 262 g/mol. The smallest absolute Gasteiger partial charge is 0.159 e. The Labute approximate surface area is 91.5 Å². The predicted molar refractivity (Wildman–Crippen MR) is 57.6 cm³/mol. The molecule has 0 saturated carbocycles. The maximum absolute atomic E-state index is 12.8. The van der Waals surface area contributed by atoms with Crippen LogP contribution in [0.25, 0.3) is 0 Å². The molecular formula is C11H13BrF2. The van der Waals surface area contributed by atoms with Crippen LogP contribution < -0.4 is 0 Å². The van der Waals surface area contributed by atoms with Crippen molar-refractivity contribution < 1.29 is 8.78 Å². The molecule has 3 heteroatoms. The molecule has 1 unspecified atom stereocenters. The quantitative estimate of drug-likeness (QED) is 0.725. The largest absolute Gasteiger partial charge is 0.204 e. The maximum atomic E-state index is 12.8. The van der Waals surface area contributed by atoms with Gasteiger partial charge in [0.15, 0.2) is 11.6 Å². The number of hydrogen-bond donors (Lipinski definition) is 0. The zero-order valence-electron chi connectivity index (χ0n) is 8.23. The van der Waals surface area contributed by atoms with Crippen LogP contribution in [0.5, 0.6) is 0 Å². The van der Waals surface area contributed by atoms with Gasteiger partial charge in [-0.05, 0) is 30.0 Å². The van der Waals surface area contributed by atoms with Gasteiger partial charge in [0, 0.05) is 4.83 Å². The normalized spacial score (nSPS) is 13.3. The molecule has 0 radical (unpaired) electrons. The third-order valence-corrected chi connectivity index (χ3v) is 3.52. The highest BCUT2D eigenvalue weighted by atomic mass is 79.9. The third kappa shape index (κ3) is 3.05. The zero-order chi connectivity index (χ0) is 10.7. The first-order valence-electron chi connectivity index (χ1n) is 4.58. The van der Waals surface area contributed by atoms with Crippen LogP contribution >= 0.6 is 15.9 Å². The predicted octanol–water partition coefficient (Wildman–Crippen LogP) is 3.93. The third-order valence-electron chi connectivity index (χ3n) is 2.14. The van der Waals surface area contributed by atoms with Crippen molar-refractivity contribution in [1.29, 1.82) is 0 Å². The number of hydrogen-bond acceptors (Lipinski definition) is 0. The average Bonchev–Trinajstić information content (AvgIpc) is 2.11. The van der Waals surface area contributed by atoms with Crippen LogP contribution in [-0.4, -0.2) is 4.83 Å². The topological polar surface area (TPSA) is 0 Å². The molecule has 0 N–H and O–H groups in total. The summed E-state index contributed by atoms with van der Waals surface area (Å²) in [7, 11) is 0. The summed E-state index contributed by atoms with van der Waals surface area (Å²) in [6.07, 6.45) is 0.717. The Bertz CT molecular complexity index is 310. The van der Waals surface area contributed by atoms with Crippen LogP contribution in [0.2, 0.25) is 0 Å². The molecule has 0 nitrogen and oxygen atoms in total. The van der Waals surface area contributed by atoms with E-state index in [1.54, 1.807) is 6.07 Å². The lowest BCUT2D eigenvalue weighted by Crippen LogP contribution is -2.10. The van der Waals surface area contributed by atoms with Crippen molar-refractivity contribution in [1.82, 2.24) is 0 Å². The van der Waals surface area contributed by atoms with E-state index in [0.717, 1.165) is 12.0 Å². The molecule has 0 amide bonds. The Hall–Kier alpha value is -0.440. The second-order valence-corrected chi connectivity index (χ2v) is 4.89. The Morgan fingerprint density at radius 1 is 1.21 bits per heavy atom. The standard InChI is InChI=1S/C11H13BrF2/c1-7(2)9(12)5-8-3-4-10(13)11(14)6-8/h3-4,6-7,9H,5H2,1-2H3. The highest BCUT2D eigenvalue weighted by Gasteiger charge is 2.11. The van der Waals surface area contributed by atoms with Crippen molar-refractivity contribution in [3.8, 4) is 0 Å². The minimum Gasteiger partial charge on any atom is -0.204 e. The molecular weight excluding hydrogens is 250 g/mol. The summed E-state index contributed by atoms with van der Waals surface area (Å²) in [6.45, 7) is 4.17. The van der Waals surface area contributed by atoms with Gasteiger partial charge in [0.1, 0.15) is 0 Å². The van der Waals surface area contributed by atoms with Gasteiger partial charge in [0.2, 0.25) is 0 Å². The molecule has 0 aliphatic rings. The summed E-state index contributed by atoms with van der Waals surface area (Å²) in [5.41, 5.74) is 0.819. The second kappa shape index (κ2) is 4.87. The van der Waals surface area contributed by atoms with Gasteiger partial charge in [-0.1, -0.05) is 35.8 Å². The van der Waals surface area contributed by atoms with E-state index in [-0.39, 0.29) is 0 Å². The second-order valence-electron chi connectivity index (χ2n) is 3.71. The molecule has 1 rings (SSSR count). The molecule has 0 bridgehead atoms. The Morgan fingerprint density at radius 3 is 2.36 bits per heavy atom. The summed E-state index contributed by atoms with van der Waals surface area (Å²) in [6, 6.07) is 4.05. The van der Waals surface area contributed by atoms with E-state index >= 15 is 0 Å². The first-order chi connectivity index (χ1) is 6.50. The van der Waals surface area contributed by atoms with Crippen LogP contribution in [0.3, 0.4) is 0 Å². The number of benzene rings is 1.